The Kier molecular flexibility index (Phi) is 4.52. The molecule has 0 saturated heterocycles. The summed E-state index contributed by atoms with van der Waals surface area (Å²) < 4.78 is 10.8. The van der Waals surface area contributed by atoms with Crippen LogP contribution in [-0.2, 0) is 10.8 Å². The summed E-state index contributed by atoms with van der Waals surface area (Å²) in [6.45, 7) is 2.66. The summed E-state index contributed by atoms with van der Waals surface area (Å²) in [5.74, 6) is 2.32. The molecule has 0 saturated carbocycles. The molecule has 1 heterocycles. The lowest BCUT2D eigenvalue weighted by Gasteiger charge is -2.04. The lowest BCUT2D eigenvalue weighted by Crippen LogP contribution is -2.07. The Morgan fingerprint density at radius 2 is 2.36 bits per heavy atom. The van der Waals surface area contributed by atoms with Gasteiger partial charge in [0.05, 0.1) is 0 Å². The van der Waals surface area contributed by atoms with Crippen molar-refractivity contribution in [1.29, 1.82) is 0 Å². The fourth-order valence-electron chi connectivity index (χ4n) is 1.05. The second-order valence-electron chi connectivity index (χ2n) is 3.05. The Balaban J connectivity index is 2.28. The first-order chi connectivity index (χ1) is 6.68. The molecule has 0 bridgehead atoms. The van der Waals surface area contributed by atoms with Gasteiger partial charge in [-0.2, -0.15) is 0 Å². The van der Waals surface area contributed by atoms with Crippen LogP contribution in [0.4, 0.5) is 5.82 Å². The van der Waals surface area contributed by atoms with Gasteiger partial charge in [-0.05, 0) is 19.4 Å². The molecular formula is C9H15N3OS. The van der Waals surface area contributed by atoms with Crippen molar-refractivity contribution in [2.75, 3.05) is 23.9 Å². The van der Waals surface area contributed by atoms with Crippen LogP contribution in [0.1, 0.15) is 12.2 Å². The molecule has 14 heavy (non-hydrogen) atoms. The predicted molar refractivity (Wildman–Crippen MR) is 58.8 cm³/mol. The van der Waals surface area contributed by atoms with Crippen LogP contribution in [0.25, 0.3) is 0 Å². The van der Waals surface area contributed by atoms with Crippen LogP contribution in [0.2, 0.25) is 0 Å². The molecule has 1 atom stereocenters. The minimum Gasteiger partial charge on any atom is -0.370 e. The zero-order valence-electron chi connectivity index (χ0n) is 8.49. The molecule has 0 aliphatic carbocycles. The number of anilines is 1. The SMILES string of the molecule is Cc1nccc(NCCCS(C)=O)n1. The van der Waals surface area contributed by atoms with Crippen LogP contribution in [0.3, 0.4) is 0 Å². The highest BCUT2D eigenvalue weighted by molar-refractivity contribution is 7.84. The standard InChI is InChI=1S/C9H15N3OS/c1-8-10-6-4-9(12-8)11-5-3-7-14(2)13/h4,6H,3,5,7H2,1-2H3,(H,10,11,12). The van der Waals surface area contributed by atoms with Gasteiger partial charge in [0.25, 0.3) is 0 Å². The van der Waals surface area contributed by atoms with Crippen LogP contribution < -0.4 is 5.32 Å². The quantitative estimate of drug-likeness (QED) is 0.740. The Hall–Kier alpha value is -0.970. The van der Waals surface area contributed by atoms with E-state index in [0.29, 0.717) is 0 Å². The molecule has 0 aromatic carbocycles. The van der Waals surface area contributed by atoms with Gasteiger partial charge in [0.1, 0.15) is 11.6 Å². The van der Waals surface area contributed by atoms with Gasteiger partial charge >= 0.3 is 0 Å². The van der Waals surface area contributed by atoms with Crippen molar-refractivity contribution in [2.24, 2.45) is 0 Å². The molecule has 78 valence electrons. The van der Waals surface area contributed by atoms with Crippen molar-refractivity contribution < 1.29 is 4.21 Å². The van der Waals surface area contributed by atoms with E-state index in [1.54, 1.807) is 12.5 Å². The van der Waals surface area contributed by atoms with E-state index in [1.165, 1.54) is 0 Å². The van der Waals surface area contributed by atoms with Crippen molar-refractivity contribution in [2.45, 2.75) is 13.3 Å². The number of nitrogens with zero attached hydrogens (tertiary/aromatic N) is 2. The maximum absolute atomic E-state index is 10.8. The molecule has 1 unspecified atom stereocenters. The van der Waals surface area contributed by atoms with Crippen molar-refractivity contribution in [1.82, 2.24) is 9.97 Å². The summed E-state index contributed by atoms with van der Waals surface area (Å²) in [7, 11) is -0.701. The average molecular weight is 213 g/mol. The van der Waals surface area contributed by atoms with Gasteiger partial charge in [0.15, 0.2) is 0 Å². The van der Waals surface area contributed by atoms with Crippen molar-refractivity contribution in [3.8, 4) is 0 Å². The lowest BCUT2D eigenvalue weighted by atomic mass is 10.4. The predicted octanol–water partition coefficient (Wildman–Crippen LogP) is 0.966. The van der Waals surface area contributed by atoms with Gasteiger partial charge in [-0.25, -0.2) is 9.97 Å². The zero-order valence-corrected chi connectivity index (χ0v) is 9.30. The lowest BCUT2D eigenvalue weighted by molar-refractivity contribution is 0.685. The van der Waals surface area contributed by atoms with Crippen molar-refractivity contribution in [3.63, 3.8) is 0 Å². The van der Waals surface area contributed by atoms with E-state index >= 15 is 0 Å². The smallest absolute Gasteiger partial charge is 0.129 e. The fraction of sp³-hybridized carbons (Fsp3) is 0.556. The Labute approximate surface area is 86.6 Å². The second-order valence-corrected chi connectivity index (χ2v) is 4.60. The number of hydrogen-bond donors (Lipinski definition) is 1. The number of hydrogen-bond acceptors (Lipinski definition) is 4. The highest BCUT2D eigenvalue weighted by Crippen LogP contribution is 2.00. The highest BCUT2D eigenvalue weighted by Gasteiger charge is 1.95. The molecule has 1 aromatic heterocycles. The van der Waals surface area contributed by atoms with Gasteiger partial charge in [-0.3, -0.25) is 4.21 Å². The molecule has 4 nitrogen and oxygen atoms in total. The maximum Gasteiger partial charge on any atom is 0.129 e. The minimum atomic E-state index is -0.701. The molecule has 0 aliphatic heterocycles. The Morgan fingerprint density at radius 1 is 1.57 bits per heavy atom. The first kappa shape index (κ1) is 11.1. The van der Waals surface area contributed by atoms with Crippen LogP contribution in [0, 0.1) is 6.92 Å². The first-order valence-electron chi connectivity index (χ1n) is 4.52. The summed E-state index contributed by atoms with van der Waals surface area (Å²) in [6, 6.07) is 1.83. The number of rotatable bonds is 5. The Morgan fingerprint density at radius 3 is 3.00 bits per heavy atom. The average Bonchev–Trinajstić information content (AvgIpc) is 2.12. The topological polar surface area (TPSA) is 54.9 Å². The molecule has 0 radical (unpaired) electrons. The number of aryl methyl sites for hydroxylation is 1. The van der Waals surface area contributed by atoms with E-state index in [1.807, 2.05) is 13.0 Å². The molecule has 0 fully saturated rings. The Bertz CT molecular complexity index is 317. The molecule has 5 heteroatoms. The summed E-state index contributed by atoms with van der Waals surface area (Å²) in [4.78, 5) is 8.19. The van der Waals surface area contributed by atoms with E-state index < -0.39 is 10.8 Å². The molecular weight excluding hydrogens is 198 g/mol. The van der Waals surface area contributed by atoms with Crippen LogP contribution >= 0.6 is 0 Å². The van der Waals surface area contributed by atoms with Gasteiger partial charge in [0.2, 0.25) is 0 Å². The monoisotopic (exact) mass is 213 g/mol. The third-order valence-corrected chi connectivity index (χ3v) is 2.55. The van der Waals surface area contributed by atoms with Gasteiger partial charge in [-0.15, -0.1) is 0 Å². The van der Waals surface area contributed by atoms with Crippen LogP contribution in [-0.4, -0.2) is 32.7 Å². The fourth-order valence-corrected chi connectivity index (χ4v) is 1.60. The van der Waals surface area contributed by atoms with E-state index in [0.717, 1.165) is 30.4 Å². The minimum absolute atomic E-state index is 0.701. The summed E-state index contributed by atoms with van der Waals surface area (Å²) >= 11 is 0. The summed E-state index contributed by atoms with van der Waals surface area (Å²) in [6.07, 6.45) is 4.34. The van der Waals surface area contributed by atoms with Gasteiger partial charge in [0, 0.05) is 35.5 Å². The molecule has 1 rings (SSSR count). The molecule has 0 aliphatic rings. The normalized spacial score (nSPS) is 12.4. The van der Waals surface area contributed by atoms with Crippen molar-refractivity contribution in [3.05, 3.63) is 18.1 Å². The van der Waals surface area contributed by atoms with Crippen LogP contribution in [0.15, 0.2) is 12.3 Å². The van der Waals surface area contributed by atoms with Gasteiger partial charge < -0.3 is 5.32 Å². The maximum atomic E-state index is 10.8. The summed E-state index contributed by atoms with van der Waals surface area (Å²) in [5.41, 5.74) is 0. The number of nitrogens with one attached hydrogen (secondary N) is 1. The van der Waals surface area contributed by atoms with Crippen LogP contribution in [0.5, 0.6) is 0 Å². The van der Waals surface area contributed by atoms with Gasteiger partial charge in [-0.1, -0.05) is 0 Å². The molecule has 0 spiro atoms. The largest absolute Gasteiger partial charge is 0.370 e. The highest BCUT2D eigenvalue weighted by atomic mass is 32.2. The third-order valence-electron chi connectivity index (χ3n) is 1.69. The summed E-state index contributed by atoms with van der Waals surface area (Å²) in [5, 5.41) is 3.16. The van der Waals surface area contributed by atoms with Crippen molar-refractivity contribution >= 4 is 16.6 Å². The molecule has 1 N–H and O–H groups in total. The first-order valence-corrected chi connectivity index (χ1v) is 6.25. The number of aromatic nitrogens is 2. The molecule has 0 amide bonds. The van der Waals surface area contributed by atoms with E-state index in [-0.39, 0.29) is 0 Å². The van der Waals surface area contributed by atoms with E-state index in [2.05, 4.69) is 15.3 Å². The van der Waals surface area contributed by atoms with E-state index in [4.69, 9.17) is 0 Å². The molecule has 1 aromatic rings. The van der Waals surface area contributed by atoms with E-state index in [9.17, 15) is 4.21 Å². The second kappa shape index (κ2) is 5.70. The zero-order chi connectivity index (χ0) is 10.4. The third kappa shape index (κ3) is 4.32.